The van der Waals surface area contributed by atoms with E-state index in [0.29, 0.717) is 0 Å². The fraction of sp³-hybridized carbons (Fsp3) is 1.00. The molecule has 0 spiro atoms. The van der Waals surface area contributed by atoms with Crippen molar-refractivity contribution in [2.45, 2.75) is 12.2 Å². The summed E-state index contributed by atoms with van der Waals surface area (Å²) in [7, 11) is 0. The molecule has 0 aromatic carbocycles. The van der Waals surface area contributed by atoms with Gasteiger partial charge in [0.05, 0.1) is 0 Å². The van der Waals surface area contributed by atoms with Gasteiger partial charge in [-0.2, -0.15) is 8.78 Å². The number of hydrogen-bond donors (Lipinski definition) is 0. The molecule has 0 heterocycles. The minimum absolute atomic E-state index is 1.44. The van der Waals surface area contributed by atoms with Crippen LogP contribution in [0.5, 0.6) is 0 Å². The second-order valence-electron chi connectivity index (χ2n) is 1.39. The molecular weight excluding hydrogens is 181 g/mol. The van der Waals surface area contributed by atoms with Gasteiger partial charge in [0.1, 0.15) is 4.92 Å². The van der Waals surface area contributed by atoms with E-state index in [1.54, 1.807) is 0 Å². The van der Waals surface area contributed by atoms with Crippen molar-refractivity contribution in [2.75, 3.05) is 0 Å². The zero-order chi connectivity index (χ0) is 9.28. The standard InChI is InChI=1S/C2F5NO3/c3-1(4,8(9)10)2(5,6)11-7. The Morgan fingerprint density at radius 2 is 1.64 bits per heavy atom. The van der Waals surface area contributed by atoms with E-state index < -0.39 is 17.1 Å². The molecule has 66 valence electrons. The summed E-state index contributed by atoms with van der Waals surface area (Å²) in [6.07, 6.45) is -5.74. The average molecular weight is 181 g/mol. The zero-order valence-electron chi connectivity index (χ0n) is 4.56. The van der Waals surface area contributed by atoms with E-state index >= 15 is 0 Å². The Labute approximate surface area is 55.6 Å². The summed E-state index contributed by atoms with van der Waals surface area (Å²) < 4.78 is 56.4. The Kier molecular flexibility index (Phi) is 2.33. The highest BCUT2D eigenvalue weighted by Gasteiger charge is 2.72. The van der Waals surface area contributed by atoms with Crippen molar-refractivity contribution in [3.05, 3.63) is 10.1 Å². The number of nitro groups is 1. The molecule has 0 aliphatic rings. The van der Waals surface area contributed by atoms with E-state index in [1.165, 1.54) is 4.94 Å². The summed E-state index contributed by atoms with van der Waals surface area (Å²) in [5.41, 5.74) is 0. The van der Waals surface area contributed by atoms with Crippen molar-refractivity contribution >= 4 is 0 Å². The fourth-order valence-corrected chi connectivity index (χ4v) is 0.153. The maximum absolute atomic E-state index is 11.5. The van der Waals surface area contributed by atoms with E-state index in [-0.39, 0.29) is 0 Å². The number of hydrogen-bond acceptors (Lipinski definition) is 3. The molecule has 11 heavy (non-hydrogen) atoms. The first-order valence-corrected chi connectivity index (χ1v) is 1.95. The highest BCUT2D eigenvalue weighted by molar-refractivity contribution is 4.62. The van der Waals surface area contributed by atoms with Crippen molar-refractivity contribution in [3.8, 4) is 0 Å². The first kappa shape index (κ1) is 10.0. The smallest absolute Gasteiger partial charge is 0.259 e. The molecule has 0 aromatic rings. The van der Waals surface area contributed by atoms with Crippen LogP contribution in [0.2, 0.25) is 0 Å². The third-order valence-corrected chi connectivity index (χ3v) is 0.676. The number of rotatable bonds is 3. The maximum Gasteiger partial charge on any atom is 0.607 e. The largest absolute Gasteiger partial charge is 0.607 e. The highest BCUT2D eigenvalue weighted by atomic mass is 19.4. The van der Waals surface area contributed by atoms with Crippen LogP contribution in [0.1, 0.15) is 0 Å². The van der Waals surface area contributed by atoms with Crippen LogP contribution in [0.3, 0.4) is 0 Å². The van der Waals surface area contributed by atoms with Crippen LogP contribution in [-0.2, 0) is 4.94 Å². The molecule has 0 aliphatic carbocycles. The van der Waals surface area contributed by atoms with Crippen molar-refractivity contribution < 1.29 is 32.0 Å². The van der Waals surface area contributed by atoms with Gasteiger partial charge in [-0.15, -0.1) is 13.7 Å². The first-order chi connectivity index (χ1) is 4.75. The lowest BCUT2D eigenvalue weighted by molar-refractivity contribution is -0.704. The monoisotopic (exact) mass is 181 g/mol. The van der Waals surface area contributed by atoms with E-state index in [0.717, 1.165) is 0 Å². The summed E-state index contributed by atoms with van der Waals surface area (Å²) >= 11 is 0. The second kappa shape index (κ2) is 2.57. The zero-order valence-corrected chi connectivity index (χ0v) is 4.56. The predicted molar refractivity (Wildman–Crippen MR) is 19.1 cm³/mol. The van der Waals surface area contributed by atoms with Crippen LogP contribution >= 0.6 is 0 Å². The lowest BCUT2D eigenvalue weighted by Crippen LogP contribution is -2.47. The lowest BCUT2D eigenvalue weighted by atomic mass is 10.5. The van der Waals surface area contributed by atoms with Crippen molar-refractivity contribution in [1.29, 1.82) is 0 Å². The lowest BCUT2D eigenvalue weighted by Gasteiger charge is -2.12. The maximum atomic E-state index is 11.5. The average Bonchev–Trinajstić information content (AvgIpc) is 1.87. The van der Waals surface area contributed by atoms with Crippen LogP contribution in [0.25, 0.3) is 0 Å². The first-order valence-electron chi connectivity index (χ1n) is 1.95. The van der Waals surface area contributed by atoms with Crippen LogP contribution in [0.4, 0.5) is 22.1 Å². The summed E-state index contributed by atoms with van der Waals surface area (Å²) in [6, 6.07) is -5.76. The number of halogens is 5. The van der Waals surface area contributed by atoms with E-state index in [4.69, 9.17) is 10.1 Å². The Balaban J connectivity index is 4.67. The fourth-order valence-electron chi connectivity index (χ4n) is 0.153. The van der Waals surface area contributed by atoms with Gasteiger partial charge in [0, 0.05) is 0 Å². The van der Waals surface area contributed by atoms with Gasteiger partial charge in [-0.3, -0.25) is 10.1 Å². The molecule has 0 bridgehead atoms. The molecule has 0 saturated heterocycles. The van der Waals surface area contributed by atoms with Gasteiger partial charge in [-0.1, -0.05) is 0 Å². The van der Waals surface area contributed by atoms with Gasteiger partial charge in [0.25, 0.3) is 0 Å². The molecule has 0 saturated carbocycles. The molecule has 0 aliphatic heterocycles. The SMILES string of the molecule is O=[N+]([O-])C(F)(F)C(F)(F)OF. The topological polar surface area (TPSA) is 52.4 Å². The van der Waals surface area contributed by atoms with Gasteiger partial charge in [-0.25, -0.2) is 0 Å². The van der Waals surface area contributed by atoms with E-state index in [9.17, 15) is 22.1 Å². The Morgan fingerprint density at radius 1 is 1.27 bits per heavy atom. The van der Waals surface area contributed by atoms with Gasteiger partial charge < -0.3 is 0 Å². The number of nitrogens with zero attached hydrogens (tertiary/aromatic N) is 1. The summed E-state index contributed by atoms with van der Waals surface area (Å²) in [5.74, 6) is 0. The third kappa shape index (κ3) is 1.53. The Hall–Kier alpha value is -0.990. The minimum atomic E-state index is -5.76. The summed E-state index contributed by atoms with van der Waals surface area (Å²) in [5, 5.41) is 9.16. The van der Waals surface area contributed by atoms with Crippen LogP contribution in [0, 0.1) is 10.1 Å². The Morgan fingerprint density at radius 3 is 1.73 bits per heavy atom. The van der Waals surface area contributed by atoms with Gasteiger partial charge in [-0.05, 0) is 4.53 Å². The quantitative estimate of drug-likeness (QED) is 0.285. The van der Waals surface area contributed by atoms with Gasteiger partial charge in [0.15, 0.2) is 0 Å². The molecule has 0 aromatic heterocycles. The molecule has 0 atom stereocenters. The molecule has 9 heteroatoms. The molecule has 0 fully saturated rings. The van der Waals surface area contributed by atoms with Gasteiger partial charge in [0.2, 0.25) is 0 Å². The normalized spacial score (nSPS) is 13.2. The molecule has 0 unspecified atom stereocenters. The van der Waals surface area contributed by atoms with Crippen molar-refractivity contribution in [2.24, 2.45) is 0 Å². The van der Waals surface area contributed by atoms with Crippen molar-refractivity contribution in [1.82, 2.24) is 0 Å². The molecule has 0 rings (SSSR count). The molecule has 4 nitrogen and oxygen atoms in total. The van der Waals surface area contributed by atoms with Crippen LogP contribution in [-0.4, -0.2) is 17.1 Å². The third-order valence-electron chi connectivity index (χ3n) is 0.676. The van der Waals surface area contributed by atoms with Gasteiger partial charge >= 0.3 is 12.2 Å². The molecular formula is C2F5NO3. The summed E-state index contributed by atoms with van der Waals surface area (Å²) in [4.78, 5) is 7.95. The van der Waals surface area contributed by atoms with E-state index in [2.05, 4.69) is 0 Å². The highest BCUT2D eigenvalue weighted by Crippen LogP contribution is 2.35. The predicted octanol–water partition coefficient (Wildman–Crippen LogP) is 1.35. The number of alkyl halides is 4. The van der Waals surface area contributed by atoms with Crippen LogP contribution < -0.4 is 0 Å². The van der Waals surface area contributed by atoms with Crippen LogP contribution in [0.15, 0.2) is 0 Å². The summed E-state index contributed by atoms with van der Waals surface area (Å²) in [6.45, 7) is 0. The molecule has 0 radical (unpaired) electrons. The second-order valence-corrected chi connectivity index (χ2v) is 1.39. The molecule has 0 N–H and O–H groups in total. The van der Waals surface area contributed by atoms with Crippen molar-refractivity contribution in [3.63, 3.8) is 0 Å². The van der Waals surface area contributed by atoms with E-state index in [1.807, 2.05) is 0 Å². The minimum Gasteiger partial charge on any atom is -0.259 e. The Bertz CT molecular complexity index is 169. The molecule has 0 amide bonds.